The summed E-state index contributed by atoms with van der Waals surface area (Å²) >= 11 is 0.980. The van der Waals surface area contributed by atoms with E-state index in [1.54, 1.807) is 13.2 Å². The van der Waals surface area contributed by atoms with Gasteiger partial charge in [0.2, 0.25) is 0 Å². The molecule has 6 heteroatoms. The number of amides is 2. The molecule has 1 aromatic carbocycles. The number of carbonyl (C=O) groups is 2. The lowest BCUT2D eigenvalue weighted by Crippen LogP contribution is -2.29. The second-order valence-corrected chi connectivity index (χ2v) is 6.95. The Morgan fingerprint density at radius 3 is 2.54 bits per heavy atom. The van der Waals surface area contributed by atoms with Gasteiger partial charge in [0.1, 0.15) is 5.75 Å². The van der Waals surface area contributed by atoms with Gasteiger partial charge in [0, 0.05) is 20.3 Å². The van der Waals surface area contributed by atoms with E-state index in [9.17, 15) is 9.59 Å². The molecule has 0 unspecified atom stereocenters. The lowest BCUT2D eigenvalue weighted by Gasteiger charge is -2.11. The van der Waals surface area contributed by atoms with Crippen molar-refractivity contribution in [2.45, 2.75) is 20.3 Å². The van der Waals surface area contributed by atoms with E-state index in [1.807, 2.05) is 24.3 Å². The summed E-state index contributed by atoms with van der Waals surface area (Å²) in [7, 11) is 1.60. The summed E-state index contributed by atoms with van der Waals surface area (Å²) in [6.45, 7) is 5.77. The molecule has 1 aliphatic heterocycles. The van der Waals surface area contributed by atoms with E-state index in [2.05, 4.69) is 13.8 Å². The molecule has 0 spiro atoms. The molecule has 0 N–H and O–H groups in total. The average Bonchev–Trinajstić information content (AvgIpc) is 2.81. The molecule has 5 nitrogen and oxygen atoms in total. The third-order valence-electron chi connectivity index (χ3n) is 3.36. The highest BCUT2D eigenvalue weighted by atomic mass is 32.2. The number of hydrogen-bond acceptors (Lipinski definition) is 5. The van der Waals surface area contributed by atoms with Crippen molar-refractivity contribution in [2.75, 3.05) is 26.9 Å². The first-order valence-corrected chi connectivity index (χ1v) is 8.80. The Hall–Kier alpha value is -1.79. The predicted molar refractivity (Wildman–Crippen MR) is 95.9 cm³/mol. The first-order valence-electron chi connectivity index (χ1n) is 7.98. The molecule has 2 amide bonds. The Balaban J connectivity index is 2.00. The van der Waals surface area contributed by atoms with Crippen LogP contribution in [0.1, 0.15) is 25.8 Å². The Bertz CT molecular complexity index is 610. The van der Waals surface area contributed by atoms with Gasteiger partial charge >= 0.3 is 0 Å². The summed E-state index contributed by atoms with van der Waals surface area (Å²) in [4.78, 5) is 26.0. The highest BCUT2D eigenvalue weighted by Gasteiger charge is 2.34. The molecule has 0 atom stereocenters. The van der Waals surface area contributed by atoms with Crippen molar-refractivity contribution in [1.29, 1.82) is 0 Å². The van der Waals surface area contributed by atoms with E-state index in [4.69, 9.17) is 9.47 Å². The Morgan fingerprint density at radius 2 is 1.92 bits per heavy atom. The molecule has 1 heterocycles. The van der Waals surface area contributed by atoms with Crippen LogP contribution in [0.3, 0.4) is 0 Å². The molecule has 130 valence electrons. The van der Waals surface area contributed by atoms with E-state index >= 15 is 0 Å². The number of thioether (sulfide) groups is 1. The number of benzene rings is 1. The van der Waals surface area contributed by atoms with Crippen molar-refractivity contribution in [3.63, 3.8) is 0 Å². The van der Waals surface area contributed by atoms with Crippen LogP contribution in [0.15, 0.2) is 29.2 Å². The number of nitrogens with zero attached hydrogens (tertiary/aromatic N) is 1. The fourth-order valence-corrected chi connectivity index (χ4v) is 3.00. The Labute approximate surface area is 147 Å². The first-order chi connectivity index (χ1) is 11.5. The van der Waals surface area contributed by atoms with Crippen LogP contribution in [0.25, 0.3) is 6.08 Å². The molecule has 2 rings (SSSR count). The average molecular weight is 349 g/mol. The van der Waals surface area contributed by atoms with E-state index in [0.29, 0.717) is 37.0 Å². The van der Waals surface area contributed by atoms with Crippen molar-refractivity contribution in [1.82, 2.24) is 4.90 Å². The SMILES string of the molecule is COCCCN1C(=O)S/C(=C/c2ccc(OCC(C)C)cc2)C1=O. The summed E-state index contributed by atoms with van der Waals surface area (Å²) in [5.74, 6) is 1.03. The standard InChI is InChI=1S/C18H23NO4S/c1-13(2)12-23-15-7-5-14(6-8-15)11-16-17(20)19(18(21)24-16)9-4-10-22-3/h5-8,11,13H,4,9-10,12H2,1-3H3/b16-11+. The summed E-state index contributed by atoms with van der Waals surface area (Å²) in [5, 5.41) is -0.223. The monoisotopic (exact) mass is 349 g/mol. The fourth-order valence-electron chi connectivity index (χ4n) is 2.13. The summed E-state index contributed by atoms with van der Waals surface area (Å²) in [6, 6.07) is 7.51. The van der Waals surface area contributed by atoms with Gasteiger partial charge in [0.15, 0.2) is 0 Å². The maximum atomic E-state index is 12.3. The van der Waals surface area contributed by atoms with Crippen LogP contribution in [0, 0.1) is 5.92 Å². The smallest absolute Gasteiger partial charge is 0.293 e. The van der Waals surface area contributed by atoms with Gasteiger partial charge in [0.25, 0.3) is 11.1 Å². The van der Waals surface area contributed by atoms with Crippen LogP contribution in [0.2, 0.25) is 0 Å². The minimum absolute atomic E-state index is 0.223. The van der Waals surface area contributed by atoms with Gasteiger partial charge in [-0.15, -0.1) is 0 Å². The largest absolute Gasteiger partial charge is 0.493 e. The summed E-state index contributed by atoms with van der Waals surface area (Å²) in [6.07, 6.45) is 2.39. The number of ether oxygens (including phenoxy) is 2. The fraction of sp³-hybridized carbons (Fsp3) is 0.444. The topological polar surface area (TPSA) is 55.8 Å². The second kappa shape index (κ2) is 8.89. The maximum absolute atomic E-state index is 12.3. The lowest BCUT2D eigenvalue weighted by atomic mass is 10.2. The molecule has 0 aliphatic carbocycles. The first kappa shape index (κ1) is 18.5. The van der Waals surface area contributed by atoms with Gasteiger partial charge in [-0.2, -0.15) is 0 Å². The minimum atomic E-state index is -0.235. The Morgan fingerprint density at radius 1 is 1.21 bits per heavy atom. The molecule has 0 saturated carbocycles. The molecule has 0 radical (unpaired) electrons. The molecule has 24 heavy (non-hydrogen) atoms. The van der Waals surface area contributed by atoms with Crippen molar-refractivity contribution in [3.05, 3.63) is 34.7 Å². The van der Waals surface area contributed by atoms with E-state index in [0.717, 1.165) is 23.1 Å². The summed E-state index contributed by atoms with van der Waals surface area (Å²) in [5.41, 5.74) is 0.870. The van der Waals surface area contributed by atoms with Crippen LogP contribution in [-0.2, 0) is 9.53 Å². The van der Waals surface area contributed by atoms with E-state index in [1.165, 1.54) is 4.90 Å². The highest BCUT2D eigenvalue weighted by Crippen LogP contribution is 2.32. The van der Waals surface area contributed by atoms with Gasteiger partial charge in [0.05, 0.1) is 11.5 Å². The van der Waals surface area contributed by atoms with Gasteiger partial charge in [-0.25, -0.2) is 0 Å². The third kappa shape index (κ3) is 5.11. The quantitative estimate of drug-likeness (QED) is 0.528. The van der Waals surface area contributed by atoms with Crippen LogP contribution >= 0.6 is 11.8 Å². The van der Waals surface area contributed by atoms with Gasteiger partial charge in [-0.3, -0.25) is 14.5 Å². The van der Waals surface area contributed by atoms with Crippen molar-refractivity contribution >= 4 is 29.0 Å². The lowest BCUT2D eigenvalue weighted by molar-refractivity contribution is -0.122. The molecule has 1 saturated heterocycles. The number of methoxy groups -OCH3 is 1. The number of imide groups is 1. The molecule has 1 aromatic rings. The van der Waals surface area contributed by atoms with E-state index in [-0.39, 0.29) is 11.1 Å². The van der Waals surface area contributed by atoms with Crippen LogP contribution in [-0.4, -0.2) is 42.9 Å². The molecular weight excluding hydrogens is 326 g/mol. The molecule has 0 bridgehead atoms. The number of hydrogen-bond donors (Lipinski definition) is 0. The maximum Gasteiger partial charge on any atom is 0.293 e. The van der Waals surface area contributed by atoms with Crippen molar-refractivity contribution in [2.24, 2.45) is 5.92 Å². The van der Waals surface area contributed by atoms with Gasteiger partial charge < -0.3 is 9.47 Å². The number of carbonyl (C=O) groups excluding carboxylic acids is 2. The molecule has 0 aromatic heterocycles. The third-order valence-corrected chi connectivity index (χ3v) is 4.27. The summed E-state index contributed by atoms with van der Waals surface area (Å²) < 4.78 is 10.6. The molecular formula is C18H23NO4S. The zero-order valence-corrected chi connectivity index (χ0v) is 15.1. The normalized spacial score (nSPS) is 16.5. The van der Waals surface area contributed by atoms with Crippen LogP contribution in [0.4, 0.5) is 4.79 Å². The zero-order valence-electron chi connectivity index (χ0n) is 14.3. The van der Waals surface area contributed by atoms with Crippen molar-refractivity contribution < 1.29 is 19.1 Å². The van der Waals surface area contributed by atoms with Gasteiger partial charge in [-0.05, 0) is 47.9 Å². The molecule has 1 aliphatic rings. The van der Waals surface area contributed by atoms with Crippen LogP contribution < -0.4 is 4.74 Å². The number of rotatable bonds is 8. The highest BCUT2D eigenvalue weighted by molar-refractivity contribution is 8.18. The Kier molecular flexibility index (Phi) is 6.87. The minimum Gasteiger partial charge on any atom is -0.493 e. The van der Waals surface area contributed by atoms with Gasteiger partial charge in [-0.1, -0.05) is 26.0 Å². The zero-order chi connectivity index (χ0) is 17.5. The van der Waals surface area contributed by atoms with Crippen molar-refractivity contribution in [3.8, 4) is 5.75 Å². The molecule has 1 fully saturated rings. The second-order valence-electron chi connectivity index (χ2n) is 5.95. The van der Waals surface area contributed by atoms with Crippen LogP contribution in [0.5, 0.6) is 5.75 Å². The predicted octanol–water partition coefficient (Wildman–Crippen LogP) is 3.79. The van der Waals surface area contributed by atoms with E-state index < -0.39 is 0 Å².